The fourth-order valence-corrected chi connectivity index (χ4v) is 4.44. The van der Waals surface area contributed by atoms with E-state index in [2.05, 4.69) is 5.32 Å². The van der Waals surface area contributed by atoms with Crippen molar-refractivity contribution < 1.29 is 31.9 Å². The Morgan fingerprint density at radius 3 is 2.62 bits per heavy atom. The van der Waals surface area contributed by atoms with Crippen molar-refractivity contribution in [3.8, 4) is 0 Å². The second kappa shape index (κ2) is 10.7. The van der Waals surface area contributed by atoms with Crippen LogP contribution < -0.4 is 5.32 Å². The van der Waals surface area contributed by atoms with Crippen LogP contribution in [0, 0.1) is 5.82 Å². The first-order valence-electron chi connectivity index (χ1n) is 9.54. The minimum Gasteiger partial charge on any atom is -0.452 e. The highest BCUT2D eigenvalue weighted by Gasteiger charge is 2.27. The van der Waals surface area contributed by atoms with Crippen molar-refractivity contribution in [3.05, 3.63) is 64.9 Å². The Morgan fingerprint density at radius 1 is 1.19 bits per heavy atom. The predicted molar refractivity (Wildman–Crippen MR) is 116 cm³/mol. The molecule has 0 saturated carbocycles. The van der Waals surface area contributed by atoms with Crippen LogP contribution in [0.25, 0.3) is 6.08 Å². The zero-order valence-electron chi connectivity index (χ0n) is 16.8. The Labute approximate surface area is 189 Å². The standard InChI is InChI=1S/C21H20ClFN2O6S/c22-17-7-6-16(32(28,29)25-9-11-30-12-10-25)13-19(17)24-20(26)14-31-21(27)8-5-15-3-1-2-4-18(15)23/h1-8,13H,9-12,14H2,(H,24,26)/b8-5+. The number of anilines is 1. The lowest BCUT2D eigenvalue weighted by atomic mass is 10.2. The van der Waals surface area contributed by atoms with Gasteiger partial charge in [0.2, 0.25) is 10.0 Å². The van der Waals surface area contributed by atoms with Gasteiger partial charge in [0.15, 0.2) is 6.61 Å². The van der Waals surface area contributed by atoms with Gasteiger partial charge in [0.25, 0.3) is 5.91 Å². The number of carbonyl (C=O) groups is 2. The van der Waals surface area contributed by atoms with Crippen molar-refractivity contribution in [2.24, 2.45) is 0 Å². The summed E-state index contributed by atoms with van der Waals surface area (Å²) in [6.07, 6.45) is 2.22. The number of nitrogens with zero attached hydrogens (tertiary/aromatic N) is 1. The van der Waals surface area contributed by atoms with Gasteiger partial charge in [-0.3, -0.25) is 4.79 Å². The normalized spacial score (nSPS) is 14.9. The zero-order valence-corrected chi connectivity index (χ0v) is 18.4. The summed E-state index contributed by atoms with van der Waals surface area (Å²) in [5.74, 6) is -2.07. The molecular formula is C21H20ClFN2O6S. The molecule has 1 heterocycles. The average molecular weight is 483 g/mol. The molecule has 0 aromatic heterocycles. The topological polar surface area (TPSA) is 102 Å². The summed E-state index contributed by atoms with van der Waals surface area (Å²) in [6.45, 7) is 0.406. The van der Waals surface area contributed by atoms with Crippen molar-refractivity contribution in [2.45, 2.75) is 4.90 Å². The molecule has 11 heteroatoms. The van der Waals surface area contributed by atoms with Crippen molar-refractivity contribution in [2.75, 3.05) is 38.2 Å². The number of sulfonamides is 1. The summed E-state index contributed by atoms with van der Waals surface area (Å²) in [6, 6.07) is 9.79. The number of rotatable bonds is 7. The molecule has 2 aromatic rings. The van der Waals surface area contributed by atoms with E-state index < -0.39 is 34.3 Å². The first kappa shape index (κ1) is 23.9. The molecule has 0 unspecified atom stereocenters. The third-order valence-corrected chi connectivity index (χ3v) is 6.69. The average Bonchev–Trinajstić information content (AvgIpc) is 2.79. The number of carbonyl (C=O) groups excluding carboxylic acids is 2. The predicted octanol–water partition coefficient (Wildman–Crippen LogP) is 2.70. The lowest BCUT2D eigenvalue weighted by Crippen LogP contribution is -2.40. The Bertz CT molecular complexity index is 1130. The number of ether oxygens (including phenoxy) is 2. The van der Waals surface area contributed by atoms with Gasteiger partial charge in [-0.05, 0) is 30.3 Å². The van der Waals surface area contributed by atoms with Gasteiger partial charge < -0.3 is 14.8 Å². The molecule has 32 heavy (non-hydrogen) atoms. The molecule has 8 nitrogen and oxygen atoms in total. The number of halogens is 2. The molecule has 1 fully saturated rings. The fourth-order valence-electron chi connectivity index (χ4n) is 2.84. The summed E-state index contributed by atoms with van der Waals surface area (Å²) < 4.78 is 50.4. The van der Waals surface area contributed by atoms with Crippen LogP contribution in [0.1, 0.15) is 5.56 Å². The first-order valence-corrected chi connectivity index (χ1v) is 11.4. The Balaban J connectivity index is 1.60. The molecule has 0 atom stereocenters. The highest BCUT2D eigenvalue weighted by molar-refractivity contribution is 7.89. The molecule has 170 valence electrons. The Kier molecular flexibility index (Phi) is 7.97. The minimum atomic E-state index is -3.78. The van der Waals surface area contributed by atoms with E-state index in [1.54, 1.807) is 6.07 Å². The molecule has 0 aliphatic carbocycles. The van der Waals surface area contributed by atoms with Crippen molar-refractivity contribution in [3.63, 3.8) is 0 Å². The maximum Gasteiger partial charge on any atom is 0.331 e. The van der Waals surface area contributed by atoms with Gasteiger partial charge in [-0.25, -0.2) is 17.6 Å². The van der Waals surface area contributed by atoms with E-state index in [1.165, 1.54) is 46.8 Å². The molecule has 1 aliphatic rings. The quantitative estimate of drug-likeness (QED) is 0.481. The van der Waals surface area contributed by atoms with Gasteiger partial charge >= 0.3 is 5.97 Å². The van der Waals surface area contributed by atoms with Crippen LogP contribution in [0.4, 0.5) is 10.1 Å². The molecular weight excluding hydrogens is 463 g/mol. The molecule has 1 amide bonds. The van der Waals surface area contributed by atoms with Gasteiger partial charge in [-0.1, -0.05) is 29.8 Å². The van der Waals surface area contributed by atoms with Crippen molar-refractivity contribution in [1.29, 1.82) is 0 Å². The van der Waals surface area contributed by atoms with E-state index in [0.29, 0.717) is 13.2 Å². The van der Waals surface area contributed by atoms with Gasteiger partial charge in [0, 0.05) is 24.7 Å². The number of benzene rings is 2. The summed E-state index contributed by atoms with van der Waals surface area (Å²) in [4.78, 5) is 23.9. The van der Waals surface area contributed by atoms with Crippen LogP contribution in [0.5, 0.6) is 0 Å². The molecule has 0 spiro atoms. The van der Waals surface area contributed by atoms with E-state index >= 15 is 0 Å². The largest absolute Gasteiger partial charge is 0.452 e. The molecule has 1 N–H and O–H groups in total. The maximum atomic E-state index is 13.5. The Hall–Kier alpha value is -2.79. The summed E-state index contributed by atoms with van der Waals surface area (Å²) in [5.41, 5.74) is 0.253. The molecule has 0 radical (unpaired) electrons. The maximum absolute atomic E-state index is 13.5. The minimum absolute atomic E-state index is 0.0380. The van der Waals surface area contributed by atoms with Crippen LogP contribution in [0.2, 0.25) is 5.02 Å². The highest BCUT2D eigenvalue weighted by Crippen LogP contribution is 2.27. The lowest BCUT2D eigenvalue weighted by molar-refractivity contribution is -0.142. The van der Waals surface area contributed by atoms with E-state index in [-0.39, 0.29) is 34.3 Å². The molecule has 0 bridgehead atoms. The number of hydrogen-bond acceptors (Lipinski definition) is 6. The van der Waals surface area contributed by atoms with Crippen LogP contribution in [-0.2, 0) is 29.1 Å². The second-order valence-corrected chi connectivity index (χ2v) is 9.01. The fraction of sp³-hybridized carbons (Fsp3) is 0.238. The van der Waals surface area contributed by atoms with E-state index in [1.807, 2.05) is 0 Å². The first-order chi connectivity index (χ1) is 15.3. The van der Waals surface area contributed by atoms with Crippen LogP contribution in [-0.4, -0.2) is 57.5 Å². The molecule has 1 aliphatic heterocycles. The van der Waals surface area contributed by atoms with Crippen molar-refractivity contribution in [1.82, 2.24) is 4.31 Å². The van der Waals surface area contributed by atoms with E-state index in [9.17, 15) is 22.4 Å². The number of morpholine rings is 1. The lowest BCUT2D eigenvalue weighted by Gasteiger charge is -2.26. The zero-order chi connectivity index (χ0) is 23.1. The SMILES string of the molecule is O=C(COC(=O)/C=C/c1ccccc1F)Nc1cc(S(=O)(=O)N2CCOCC2)ccc1Cl. The Morgan fingerprint density at radius 2 is 1.91 bits per heavy atom. The van der Waals surface area contributed by atoms with Crippen LogP contribution >= 0.6 is 11.6 Å². The smallest absolute Gasteiger partial charge is 0.331 e. The monoisotopic (exact) mass is 482 g/mol. The van der Waals surface area contributed by atoms with Crippen molar-refractivity contribution >= 4 is 45.3 Å². The van der Waals surface area contributed by atoms with E-state index in [0.717, 1.165) is 6.08 Å². The third-order valence-electron chi connectivity index (χ3n) is 4.47. The number of esters is 1. The van der Waals surface area contributed by atoms with Gasteiger partial charge in [0.05, 0.1) is 28.8 Å². The summed E-state index contributed by atoms with van der Waals surface area (Å²) >= 11 is 6.07. The number of hydrogen-bond donors (Lipinski definition) is 1. The van der Waals surface area contributed by atoms with E-state index in [4.69, 9.17) is 21.1 Å². The third kappa shape index (κ3) is 6.13. The molecule has 2 aromatic carbocycles. The highest BCUT2D eigenvalue weighted by atomic mass is 35.5. The van der Waals surface area contributed by atoms with Gasteiger partial charge in [-0.15, -0.1) is 0 Å². The number of amides is 1. The summed E-state index contributed by atoms with van der Waals surface area (Å²) in [7, 11) is -3.78. The van der Waals surface area contributed by atoms with Crippen LogP contribution in [0.3, 0.4) is 0 Å². The van der Waals surface area contributed by atoms with Gasteiger partial charge in [-0.2, -0.15) is 4.31 Å². The van der Waals surface area contributed by atoms with Crippen LogP contribution in [0.15, 0.2) is 53.4 Å². The molecule has 3 rings (SSSR count). The second-order valence-electron chi connectivity index (χ2n) is 6.67. The number of nitrogens with one attached hydrogen (secondary N) is 1. The molecule has 1 saturated heterocycles. The summed E-state index contributed by atoms with van der Waals surface area (Å²) in [5, 5.41) is 2.54. The van der Waals surface area contributed by atoms with Gasteiger partial charge in [0.1, 0.15) is 5.82 Å².